The predicted molar refractivity (Wildman–Crippen MR) is 79.1 cm³/mol. The highest BCUT2D eigenvalue weighted by atomic mass is 19.1. The molecule has 8 heteroatoms. The molecule has 0 aliphatic rings. The Morgan fingerprint density at radius 1 is 1.50 bits per heavy atom. The minimum atomic E-state index is -0.932. The van der Waals surface area contributed by atoms with Crippen LogP contribution >= 0.6 is 0 Å². The average molecular weight is 313 g/mol. The number of benzene rings is 1. The number of hydrogen-bond donors (Lipinski definition) is 2. The molecular weight excluding hydrogens is 293 g/mol. The zero-order chi connectivity index (χ0) is 16.9. The highest BCUT2D eigenvalue weighted by molar-refractivity contribution is 5.67. The molecule has 1 rings (SSSR count). The molecule has 0 heterocycles. The van der Waals surface area contributed by atoms with Gasteiger partial charge in [0.15, 0.2) is 0 Å². The van der Waals surface area contributed by atoms with Gasteiger partial charge >= 0.3 is 11.8 Å². The summed E-state index contributed by atoms with van der Waals surface area (Å²) in [5.74, 6) is -1.30. The summed E-state index contributed by atoms with van der Waals surface area (Å²) >= 11 is 0. The van der Waals surface area contributed by atoms with Gasteiger partial charge in [0.05, 0.1) is 4.92 Å². The molecule has 3 N–H and O–H groups in total. The first-order valence-electron chi connectivity index (χ1n) is 6.75. The van der Waals surface area contributed by atoms with E-state index in [1.165, 1.54) is 6.07 Å². The van der Waals surface area contributed by atoms with Gasteiger partial charge in [-0.15, -0.1) is 0 Å². The summed E-state index contributed by atoms with van der Waals surface area (Å²) in [6, 6.07) is 3.57. The molecule has 0 bridgehead atoms. The topological polar surface area (TPSA) is 107 Å². The van der Waals surface area contributed by atoms with Gasteiger partial charge < -0.3 is 15.8 Å². The van der Waals surface area contributed by atoms with E-state index < -0.39 is 28.1 Å². The molecule has 0 saturated heterocycles. The second kappa shape index (κ2) is 7.17. The fourth-order valence-electron chi connectivity index (χ4n) is 1.78. The molecule has 7 nitrogen and oxygen atoms in total. The largest absolute Gasteiger partial charge is 0.444 e. The number of carbonyl (C=O) groups is 1. The van der Waals surface area contributed by atoms with E-state index in [-0.39, 0.29) is 19.0 Å². The van der Waals surface area contributed by atoms with Crippen LogP contribution in [0.25, 0.3) is 0 Å². The van der Waals surface area contributed by atoms with Crippen molar-refractivity contribution in [2.75, 3.05) is 13.1 Å². The molecule has 1 aromatic carbocycles. The summed E-state index contributed by atoms with van der Waals surface area (Å²) in [5, 5.41) is 13.1. The average Bonchev–Trinajstić information content (AvgIpc) is 2.36. The van der Waals surface area contributed by atoms with Crippen LogP contribution in [0, 0.1) is 15.9 Å². The minimum Gasteiger partial charge on any atom is -0.444 e. The summed E-state index contributed by atoms with van der Waals surface area (Å²) < 4.78 is 18.7. The second-order valence-corrected chi connectivity index (χ2v) is 5.78. The Hall–Kier alpha value is -2.22. The number of carbonyl (C=O) groups excluding carboxylic acids is 1. The van der Waals surface area contributed by atoms with E-state index in [0.717, 1.165) is 12.1 Å². The first-order valence-corrected chi connectivity index (χ1v) is 6.75. The smallest absolute Gasteiger partial charge is 0.407 e. The molecule has 0 aliphatic carbocycles. The van der Waals surface area contributed by atoms with Crippen molar-refractivity contribution in [1.82, 2.24) is 5.32 Å². The van der Waals surface area contributed by atoms with Gasteiger partial charge in [-0.05, 0) is 32.4 Å². The third-order valence-electron chi connectivity index (χ3n) is 2.82. The normalized spacial score (nSPS) is 12.6. The zero-order valence-corrected chi connectivity index (χ0v) is 12.8. The first-order chi connectivity index (χ1) is 10.1. The molecule has 122 valence electrons. The lowest BCUT2D eigenvalue weighted by molar-refractivity contribution is -0.387. The lowest BCUT2D eigenvalue weighted by atomic mass is 9.99. The highest BCUT2D eigenvalue weighted by Crippen LogP contribution is 2.22. The third-order valence-corrected chi connectivity index (χ3v) is 2.82. The monoisotopic (exact) mass is 313 g/mol. The molecular formula is C14H20FN3O4. The van der Waals surface area contributed by atoms with Crippen molar-refractivity contribution in [3.63, 3.8) is 0 Å². The van der Waals surface area contributed by atoms with Crippen LogP contribution in [-0.4, -0.2) is 29.7 Å². The molecule has 1 amide bonds. The van der Waals surface area contributed by atoms with Crippen molar-refractivity contribution in [3.05, 3.63) is 39.7 Å². The Kier molecular flexibility index (Phi) is 5.81. The molecule has 0 fully saturated rings. The lowest BCUT2D eigenvalue weighted by Crippen LogP contribution is -2.36. The van der Waals surface area contributed by atoms with Gasteiger partial charge in [0.1, 0.15) is 5.60 Å². The summed E-state index contributed by atoms with van der Waals surface area (Å²) in [7, 11) is 0. The van der Waals surface area contributed by atoms with Crippen LogP contribution in [0.2, 0.25) is 0 Å². The van der Waals surface area contributed by atoms with Crippen LogP contribution in [0.5, 0.6) is 0 Å². The Morgan fingerprint density at radius 2 is 2.14 bits per heavy atom. The van der Waals surface area contributed by atoms with Crippen LogP contribution in [0.4, 0.5) is 14.9 Å². The number of nitrogens with two attached hydrogens (primary N) is 1. The molecule has 1 aromatic rings. The van der Waals surface area contributed by atoms with Crippen LogP contribution in [0.1, 0.15) is 32.3 Å². The van der Waals surface area contributed by atoms with E-state index in [1.54, 1.807) is 20.8 Å². The Bertz CT molecular complexity index is 558. The van der Waals surface area contributed by atoms with Gasteiger partial charge in [0, 0.05) is 25.1 Å². The fraction of sp³-hybridized carbons (Fsp3) is 0.500. The Morgan fingerprint density at radius 3 is 2.59 bits per heavy atom. The van der Waals surface area contributed by atoms with Crippen LogP contribution in [0.15, 0.2) is 18.2 Å². The summed E-state index contributed by atoms with van der Waals surface area (Å²) in [6.07, 6.45) is -0.603. The van der Waals surface area contributed by atoms with E-state index in [0.29, 0.717) is 5.56 Å². The zero-order valence-electron chi connectivity index (χ0n) is 12.8. The van der Waals surface area contributed by atoms with Gasteiger partial charge in [0.25, 0.3) is 0 Å². The number of rotatable bonds is 5. The van der Waals surface area contributed by atoms with Crippen LogP contribution in [0.3, 0.4) is 0 Å². The van der Waals surface area contributed by atoms with Crippen molar-refractivity contribution in [1.29, 1.82) is 0 Å². The predicted octanol–water partition coefficient (Wildman–Crippen LogP) is 2.30. The van der Waals surface area contributed by atoms with E-state index >= 15 is 0 Å². The van der Waals surface area contributed by atoms with E-state index in [2.05, 4.69) is 5.32 Å². The third kappa shape index (κ3) is 5.28. The second-order valence-electron chi connectivity index (χ2n) is 5.78. The van der Waals surface area contributed by atoms with Crippen molar-refractivity contribution in [3.8, 4) is 0 Å². The minimum absolute atomic E-state index is 0.142. The fourth-order valence-corrected chi connectivity index (χ4v) is 1.78. The maximum absolute atomic E-state index is 13.6. The molecule has 0 aromatic heterocycles. The number of hydrogen-bond acceptors (Lipinski definition) is 5. The summed E-state index contributed by atoms with van der Waals surface area (Å²) in [6.45, 7) is 5.49. The Labute approximate surface area is 127 Å². The molecule has 22 heavy (non-hydrogen) atoms. The lowest BCUT2D eigenvalue weighted by Gasteiger charge is -2.21. The van der Waals surface area contributed by atoms with Crippen molar-refractivity contribution in [2.45, 2.75) is 32.3 Å². The molecule has 0 saturated carbocycles. The van der Waals surface area contributed by atoms with Crippen molar-refractivity contribution in [2.24, 2.45) is 5.73 Å². The van der Waals surface area contributed by atoms with E-state index in [9.17, 15) is 19.3 Å². The molecule has 0 spiro atoms. The van der Waals surface area contributed by atoms with Gasteiger partial charge in [-0.3, -0.25) is 10.1 Å². The number of ether oxygens (including phenoxy) is 1. The van der Waals surface area contributed by atoms with Crippen LogP contribution in [-0.2, 0) is 4.74 Å². The molecule has 1 atom stereocenters. The van der Waals surface area contributed by atoms with E-state index in [4.69, 9.17) is 10.5 Å². The number of nitro benzene ring substituents is 1. The quantitative estimate of drug-likeness (QED) is 0.640. The molecule has 1 unspecified atom stereocenters. The number of nitrogens with one attached hydrogen (secondary N) is 1. The SMILES string of the molecule is CC(C)(C)OC(=O)NCC(CN)c1ccc([N+](=O)[O-])c(F)c1. The number of halogens is 1. The van der Waals surface area contributed by atoms with Crippen LogP contribution < -0.4 is 11.1 Å². The van der Waals surface area contributed by atoms with Crippen molar-refractivity contribution < 1.29 is 18.8 Å². The number of nitrogens with zero attached hydrogens (tertiary/aromatic N) is 1. The first kappa shape index (κ1) is 17.8. The number of nitro groups is 1. The van der Waals surface area contributed by atoms with Gasteiger partial charge in [-0.25, -0.2) is 4.79 Å². The van der Waals surface area contributed by atoms with E-state index in [1.807, 2.05) is 0 Å². The highest BCUT2D eigenvalue weighted by Gasteiger charge is 2.20. The number of alkyl carbamates (subject to hydrolysis) is 1. The maximum Gasteiger partial charge on any atom is 0.407 e. The van der Waals surface area contributed by atoms with Gasteiger partial charge in [-0.1, -0.05) is 6.07 Å². The van der Waals surface area contributed by atoms with Gasteiger partial charge in [-0.2, -0.15) is 4.39 Å². The number of amides is 1. The standard InChI is InChI=1S/C14H20FN3O4/c1-14(2,3)22-13(19)17-8-10(7-16)9-4-5-12(18(20)21)11(15)6-9/h4-6,10H,7-8,16H2,1-3H3,(H,17,19). The summed E-state index contributed by atoms with van der Waals surface area (Å²) in [4.78, 5) is 21.4. The maximum atomic E-state index is 13.6. The van der Waals surface area contributed by atoms with Gasteiger partial charge in [0.2, 0.25) is 5.82 Å². The van der Waals surface area contributed by atoms with Crippen molar-refractivity contribution >= 4 is 11.8 Å². The molecule has 0 aliphatic heterocycles. The summed E-state index contributed by atoms with van der Waals surface area (Å²) in [5.41, 5.74) is 4.87. The Balaban J connectivity index is 2.74. The molecule has 0 radical (unpaired) electrons.